The first-order chi connectivity index (χ1) is 9.79. The normalized spacial score (nSPS) is 24.1. The summed E-state index contributed by atoms with van der Waals surface area (Å²) in [5, 5.41) is 9.13. The van der Waals surface area contributed by atoms with Gasteiger partial charge in [0.1, 0.15) is 0 Å². The first-order valence-electron chi connectivity index (χ1n) is 7.91. The molecule has 3 atom stereocenters. The second-order valence-electron chi connectivity index (χ2n) is 6.74. The number of carbonyl (C=O) groups excluding carboxylic acids is 1. The van der Waals surface area contributed by atoms with E-state index < -0.39 is 11.9 Å². The van der Waals surface area contributed by atoms with Crippen LogP contribution in [0.4, 0.5) is 0 Å². The Labute approximate surface area is 127 Å². The maximum atomic E-state index is 12.2. The predicted molar refractivity (Wildman–Crippen MR) is 81.0 cm³/mol. The lowest BCUT2D eigenvalue weighted by Gasteiger charge is -2.34. The first-order valence-corrected chi connectivity index (χ1v) is 7.91. The van der Waals surface area contributed by atoms with E-state index in [9.17, 15) is 9.59 Å². The zero-order chi connectivity index (χ0) is 16.0. The van der Waals surface area contributed by atoms with Crippen LogP contribution in [0.15, 0.2) is 0 Å². The van der Waals surface area contributed by atoms with Crippen LogP contribution in [0.25, 0.3) is 0 Å². The summed E-state index contributed by atoms with van der Waals surface area (Å²) in [6.07, 6.45) is 2.13. The van der Waals surface area contributed by atoms with Crippen molar-refractivity contribution in [3.8, 4) is 0 Å². The van der Waals surface area contributed by atoms with Gasteiger partial charge in [0.25, 0.3) is 0 Å². The van der Waals surface area contributed by atoms with Gasteiger partial charge in [-0.25, -0.2) is 0 Å². The topological polar surface area (TPSA) is 66.8 Å². The molecule has 0 spiro atoms. The molecule has 0 saturated carbocycles. The largest absolute Gasteiger partial charge is 0.481 e. The third-order valence-electron chi connectivity index (χ3n) is 3.88. The van der Waals surface area contributed by atoms with Crippen LogP contribution in [0.1, 0.15) is 47.0 Å². The average Bonchev–Trinajstić information content (AvgIpc) is 2.36. The molecule has 1 amide bonds. The van der Waals surface area contributed by atoms with Crippen molar-refractivity contribution in [2.45, 2.75) is 53.1 Å². The minimum atomic E-state index is -0.804. The molecule has 1 N–H and O–H groups in total. The van der Waals surface area contributed by atoms with E-state index in [1.807, 2.05) is 13.8 Å². The molecule has 0 bridgehead atoms. The van der Waals surface area contributed by atoms with Gasteiger partial charge < -0.3 is 14.7 Å². The number of carboxylic acids is 1. The standard InChI is InChI=1S/C16H29NO4/c1-11(2)7-13(4)21-6-5-15(18)17-9-12(3)8-14(10-17)16(19)20/h11-14H,5-10H2,1-4H3,(H,19,20). The highest BCUT2D eigenvalue weighted by atomic mass is 16.5. The van der Waals surface area contributed by atoms with Gasteiger partial charge in [-0.2, -0.15) is 0 Å². The van der Waals surface area contributed by atoms with E-state index in [0.29, 0.717) is 38.5 Å². The van der Waals surface area contributed by atoms with Gasteiger partial charge in [-0.3, -0.25) is 9.59 Å². The number of ether oxygens (including phenoxy) is 1. The SMILES string of the molecule is CC(C)CC(C)OCCC(=O)N1CC(C)CC(C(=O)O)C1. The van der Waals surface area contributed by atoms with Crippen LogP contribution in [0.2, 0.25) is 0 Å². The average molecular weight is 299 g/mol. The van der Waals surface area contributed by atoms with Crippen molar-refractivity contribution in [2.75, 3.05) is 19.7 Å². The maximum absolute atomic E-state index is 12.2. The van der Waals surface area contributed by atoms with Gasteiger partial charge in [-0.15, -0.1) is 0 Å². The van der Waals surface area contributed by atoms with E-state index >= 15 is 0 Å². The fraction of sp³-hybridized carbons (Fsp3) is 0.875. The molecule has 0 aromatic carbocycles. The molecular formula is C16H29NO4. The van der Waals surface area contributed by atoms with Gasteiger partial charge in [-0.1, -0.05) is 20.8 Å². The molecule has 1 aliphatic heterocycles. The minimum Gasteiger partial charge on any atom is -0.481 e. The summed E-state index contributed by atoms with van der Waals surface area (Å²) in [5.74, 6) is -0.413. The van der Waals surface area contributed by atoms with Crippen molar-refractivity contribution in [1.82, 2.24) is 4.90 Å². The lowest BCUT2D eigenvalue weighted by atomic mass is 9.90. The summed E-state index contributed by atoms with van der Waals surface area (Å²) in [6, 6.07) is 0. The van der Waals surface area contributed by atoms with Crippen LogP contribution in [0.5, 0.6) is 0 Å². The van der Waals surface area contributed by atoms with Crippen molar-refractivity contribution < 1.29 is 19.4 Å². The number of aliphatic carboxylic acids is 1. The molecule has 0 radical (unpaired) electrons. The number of amides is 1. The lowest BCUT2D eigenvalue weighted by molar-refractivity contribution is -0.147. The Morgan fingerprint density at radius 1 is 1.29 bits per heavy atom. The molecule has 1 fully saturated rings. The fourth-order valence-corrected chi connectivity index (χ4v) is 2.97. The number of hydrogen-bond donors (Lipinski definition) is 1. The number of carboxylic acid groups (broad SMARTS) is 1. The Kier molecular flexibility index (Phi) is 7.15. The molecule has 21 heavy (non-hydrogen) atoms. The molecule has 0 aliphatic carbocycles. The fourth-order valence-electron chi connectivity index (χ4n) is 2.97. The van der Waals surface area contributed by atoms with E-state index in [1.165, 1.54) is 0 Å². The van der Waals surface area contributed by atoms with E-state index in [4.69, 9.17) is 9.84 Å². The van der Waals surface area contributed by atoms with Crippen molar-refractivity contribution in [3.63, 3.8) is 0 Å². The van der Waals surface area contributed by atoms with Gasteiger partial charge in [0.15, 0.2) is 0 Å². The summed E-state index contributed by atoms with van der Waals surface area (Å²) in [7, 11) is 0. The monoisotopic (exact) mass is 299 g/mol. The lowest BCUT2D eigenvalue weighted by Crippen LogP contribution is -2.45. The van der Waals surface area contributed by atoms with Gasteiger partial charge in [0.05, 0.1) is 25.0 Å². The van der Waals surface area contributed by atoms with Gasteiger partial charge in [0, 0.05) is 13.1 Å². The second kappa shape index (κ2) is 8.37. The van der Waals surface area contributed by atoms with Crippen LogP contribution >= 0.6 is 0 Å². The van der Waals surface area contributed by atoms with Gasteiger partial charge >= 0.3 is 5.97 Å². The van der Waals surface area contributed by atoms with E-state index in [1.54, 1.807) is 4.90 Å². The maximum Gasteiger partial charge on any atom is 0.308 e. The van der Waals surface area contributed by atoms with Crippen molar-refractivity contribution in [2.24, 2.45) is 17.8 Å². The van der Waals surface area contributed by atoms with Crippen molar-refractivity contribution >= 4 is 11.9 Å². The van der Waals surface area contributed by atoms with Crippen LogP contribution < -0.4 is 0 Å². The smallest absolute Gasteiger partial charge is 0.308 e. The van der Waals surface area contributed by atoms with E-state index in [2.05, 4.69) is 13.8 Å². The quantitative estimate of drug-likeness (QED) is 0.784. The van der Waals surface area contributed by atoms with Crippen LogP contribution in [0.3, 0.4) is 0 Å². The molecule has 5 nitrogen and oxygen atoms in total. The van der Waals surface area contributed by atoms with Crippen LogP contribution in [-0.4, -0.2) is 47.7 Å². The van der Waals surface area contributed by atoms with E-state index in [-0.39, 0.29) is 17.9 Å². The molecule has 1 rings (SSSR count). The Hall–Kier alpha value is -1.10. The zero-order valence-electron chi connectivity index (χ0n) is 13.7. The highest BCUT2D eigenvalue weighted by Gasteiger charge is 2.31. The number of nitrogens with zero attached hydrogens (tertiary/aromatic N) is 1. The molecular weight excluding hydrogens is 270 g/mol. The molecule has 5 heteroatoms. The summed E-state index contributed by atoms with van der Waals surface area (Å²) >= 11 is 0. The number of carbonyl (C=O) groups is 2. The molecule has 122 valence electrons. The number of hydrogen-bond acceptors (Lipinski definition) is 3. The summed E-state index contributed by atoms with van der Waals surface area (Å²) in [5.41, 5.74) is 0. The summed E-state index contributed by atoms with van der Waals surface area (Å²) < 4.78 is 5.65. The predicted octanol–water partition coefficient (Wildman–Crippen LogP) is 2.40. The van der Waals surface area contributed by atoms with Crippen molar-refractivity contribution in [1.29, 1.82) is 0 Å². The van der Waals surface area contributed by atoms with Gasteiger partial charge in [-0.05, 0) is 31.6 Å². The van der Waals surface area contributed by atoms with E-state index in [0.717, 1.165) is 6.42 Å². The summed E-state index contributed by atoms with van der Waals surface area (Å²) in [4.78, 5) is 25.0. The molecule has 0 aromatic heterocycles. The first kappa shape index (κ1) is 18.0. The number of likely N-dealkylation sites (tertiary alicyclic amines) is 1. The zero-order valence-corrected chi connectivity index (χ0v) is 13.7. The molecule has 1 saturated heterocycles. The Balaban J connectivity index is 2.35. The molecule has 1 heterocycles. The third kappa shape index (κ3) is 6.46. The van der Waals surface area contributed by atoms with Crippen LogP contribution in [0, 0.1) is 17.8 Å². The second-order valence-corrected chi connectivity index (χ2v) is 6.74. The Morgan fingerprint density at radius 2 is 1.95 bits per heavy atom. The Morgan fingerprint density at radius 3 is 2.52 bits per heavy atom. The minimum absolute atomic E-state index is 0.00421. The highest BCUT2D eigenvalue weighted by molar-refractivity contribution is 5.78. The van der Waals surface area contributed by atoms with Gasteiger partial charge in [0.2, 0.25) is 5.91 Å². The summed E-state index contributed by atoms with van der Waals surface area (Å²) in [6.45, 7) is 9.71. The molecule has 1 aliphatic rings. The molecule has 0 aromatic rings. The van der Waals surface area contributed by atoms with Crippen LogP contribution in [-0.2, 0) is 14.3 Å². The number of rotatable bonds is 7. The Bertz CT molecular complexity index is 356. The molecule has 3 unspecified atom stereocenters. The number of piperidine rings is 1. The van der Waals surface area contributed by atoms with Crippen molar-refractivity contribution in [3.05, 3.63) is 0 Å². The third-order valence-corrected chi connectivity index (χ3v) is 3.88. The highest BCUT2D eigenvalue weighted by Crippen LogP contribution is 2.22.